The molecule has 1 saturated heterocycles. The van der Waals surface area contributed by atoms with E-state index in [4.69, 9.17) is 11.6 Å². The SMILES string of the molecule is O=C(Nc1cccc(Cl)c1)N1CCN(c2ccc(-n3cccn3)nn2)CC1. The van der Waals surface area contributed by atoms with Crippen LogP contribution in [0.4, 0.5) is 16.3 Å². The molecule has 1 aliphatic heterocycles. The number of carbonyl (C=O) groups excluding carboxylic acids is 1. The lowest BCUT2D eigenvalue weighted by atomic mass is 10.3. The number of amides is 2. The molecule has 1 aliphatic rings. The van der Waals surface area contributed by atoms with Crippen molar-refractivity contribution in [1.82, 2.24) is 24.9 Å². The van der Waals surface area contributed by atoms with Crippen molar-refractivity contribution in [3.8, 4) is 5.82 Å². The fourth-order valence-corrected chi connectivity index (χ4v) is 3.11. The Morgan fingerprint density at radius 3 is 2.44 bits per heavy atom. The minimum atomic E-state index is -0.128. The molecule has 3 heterocycles. The zero-order chi connectivity index (χ0) is 18.6. The summed E-state index contributed by atoms with van der Waals surface area (Å²) in [5, 5.41) is 16.1. The first-order valence-electron chi connectivity index (χ1n) is 8.59. The average molecular weight is 384 g/mol. The van der Waals surface area contributed by atoms with E-state index < -0.39 is 0 Å². The number of halogens is 1. The van der Waals surface area contributed by atoms with Gasteiger partial charge in [0.1, 0.15) is 0 Å². The van der Waals surface area contributed by atoms with Crippen LogP contribution >= 0.6 is 11.6 Å². The molecule has 138 valence electrons. The number of piperazine rings is 1. The van der Waals surface area contributed by atoms with Crippen molar-refractivity contribution in [2.45, 2.75) is 0 Å². The third-order valence-electron chi connectivity index (χ3n) is 4.34. The third kappa shape index (κ3) is 4.01. The van der Waals surface area contributed by atoms with E-state index >= 15 is 0 Å². The van der Waals surface area contributed by atoms with Gasteiger partial charge in [-0.05, 0) is 36.4 Å². The summed E-state index contributed by atoms with van der Waals surface area (Å²) in [5.41, 5.74) is 0.690. The van der Waals surface area contributed by atoms with Gasteiger partial charge in [0.05, 0.1) is 0 Å². The zero-order valence-corrected chi connectivity index (χ0v) is 15.3. The van der Waals surface area contributed by atoms with Crippen LogP contribution in [0, 0.1) is 0 Å². The number of hydrogen-bond acceptors (Lipinski definition) is 5. The van der Waals surface area contributed by atoms with E-state index in [1.807, 2.05) is 36.5 Å². The molecule has 0 unspecified atom stereocenters. The summed E-state index contributed by atoms with van der Waals surface area (Å²) in [6.45, 7) is 2.60. The van der Waals surface area contributed by atoms with E-state index in [-0.39, 0.29) is 6.03 Å². The topological polar surface area (TPSA) is 79.2 Å². The van der Waals surface area contributed by atoms with Crippen LogP contribution in [0.1, 0.15) is 0 Å². The molecule has 1 fully saturated rings. The quantitative estimate of drug-likeness (QED) is 0.752. The van der Waals surface area contributed by atoms with Crippen LogP contribution in [-0.4, -0.2) is 57.1 Å². The number of rotatable bonds is 3. The van der Waals surface area contributed by atoms with E-state index in [9.17, 15) is 4.79 Å². The standard InChI is InChI=1S/C18H18ClN7O/c19-14-3-1-4-15(13-14)21-18(27)25-11-9-24(10-12-25)16-5-6-17(23-22-16)26-8-2-7-20-26/h1-8,13H,9-12H2,(H,21,27). The Balaban J connectivity index is 1.34. The first kappa shape index (κ1) is 17.3. The van der Waals surface area contributed by atoms with Gasteiger partial charge in [0.25, 0.3) is 0 Å². The summed E-state index contributed by atoms with van der Waals surface area (Å²) >= 11 is 5.95. The fraction of sp³-hybridized carbons (Fsp3) is 0.222. The van der Waals surface area contributed by atoms with E-state index in [0.717, 1.165) is 5.82 Å². The van der Waals surface area contributed by atoms with Crippen molar-refractivity contribution in [3.63, 3.8) is 0 Å². The molecule has 0 radical (unpaired) electrons. The van der Waals surface area contributed by atoms with Crippen molar-refractivity contribution >= 4 is 29.1 Å². The van der Waals surface area contributed by atoms with Gasteiger partial charge in [-0.15, -0.1) is 10.2 Å². The molecule has 2 amide bonds. The number of hydrogen-bond donors (Lipinski definition) is 1. The second kappa shape index (κ2) is 7.63. The molecule has 4 rings (SSSR count). The third-order valence-corrected chi connectivity index (χ3v) is 4.58. The molecule has 3 aromatic rings. The summed E-state index contributed by atoms with van der Waals surface area (Å²) in [4.78, 5) is 16.3. The van der Waals surface area contributed by atoms with E-state index in [0.29, 0.717) is 42.7 Å². The van der Waals surface area contributed by atoms with Crippen LogP contribution < -0.4 is 10.2 Å². The summed E-state index contributed by atoms with van der Waals surface area (Å²) < 4.78 is 1.66. The minimum absolute atomic E-state index is 0.128. The maximum atomic E-state index is 12.4. The summed E-state index contributed by atoms with van der Waals surface area (Å²) in [5.74, 6) is 1.46. The number of benzene rings is 1. The van der Waals surface area contributed by atoms with Crippen LogP contribution in [-0.2, 0) is 0 Å². The minimum Gasteiger partial charge on any atom is -0.352 e. The van der Waals surface area contributed by atoms with Crippen LogP contribution in [0.25, 0.3) is 5.82 Å². The maximum Gasteiger partial charge on any atom is 0.321 e. The molecule has 0 atom stereocenters. The molecule has 8 nitrogen and oxygen atoms in total. The summed E-state index contributed by atoms with van der Waals surface area (Å²) in [7, 11) is 0. The number of anilines is 2. The lowest BCUT2D eigenvalue weighted by Gasteiger charge is -2.35. The van der Waals surface area contributed by atoms with Gasteiger partial charge in [-0.2, -0.15) is 5.10 Å². The van der Waals surface area contributed by atoms with Gasteiger partial charge in [0.15, 0.2) is 11.6 Å². The van der Waals surface area contributed by atoms with E-state index in [2.05, 4.69) is 25.5 Å². The highest BCUT2D eigenvalue weighted by molar-refractivity contribution is 6.30. The first-order valence-corrected chi connectivity index (χ1v) is 8.97. The number of aromatic nitrogens is 4. The molecule has 27 heavy (non-hydrogen) atoms. The molecule has 0 aliphatic carbocycles. The smallest absolute Gasteiger partial charge is 0.321 e. The normalized spacial score (nSPS) is 14.3. The van der Waals surface area contributed by atoms with E-state index in [1.165, 1.54) is 0 Å². The molecule has 0 spiro atoms. The Kier molecular flexibility index (Phi) is 4.88. The van der Waals surface area contributed by atoms with Gasteiger partial charge in [0, 0.05) is 49.3 Å². The predicted molar refractivity (Wildman–Crippen MR) is 103 cm³/mol. The zero-order valence-electron chi connectivity index (χ0n) is 14.5. The highest BCUT2D eigenvalue weighted by Gasteiger charge is 2.22. The molecular formula is C18H18ClN7O. The number of urea groups is 1. The number of nitrogens with zero attached hydrogens (tertiary/aromatic N) is 6. The first-order chi connectivity index (χ1) is 13.2. The van der Waals surface area contributed by atoms with Gasteiger partial charge in [-0.3, -0.25) is 0 Å². The van der Waals surface area contributed by atoms with Crippen LogP contribution in [0.2, 0.25) is 5.02 Å². The number of nitrogens with one attached hydrogen (secondary N) is 1. The summed E-state index contributed by atoms with van der Waals surface area (Å²) in [6.07, 6.45) is 3.52. The lowest BCUT2D eigenvalue weighted by molar-refractivity contribution is 0.208. The Morgan fingerprint density at radius 1 is 1.00 bits per heavy atom. The molecular weight excluding hydrogens is 366 g/mol. The van der Waals surface area contributed by atoms with Crippen molar-refractivity contribution in [3.05, 3.63) is 59.9 Å². The summed E-state index contributed by atoms with van der Waals surface area (Å²) in [6, 6.07) is 12.6. The Labute approximate surface area is 161 Å². The van der Waals surface area contributed by atoms with Gasteiger partial charge in [0.2, 0.25) is 0 Å². The largest absolute Gasteiger partial charge is 0.352 e. The molecule has 0 bridgehead atoms. The highest BCUT2D eigenvalue weighted by Crippen LogP contribution is 2.17. The second-order valence-corrected chi connectivity index (χ2v) is 6.55. The maximum absolute atomic E-state index is 12.4. The van der Waals surface area contributed by atoms with Gasteiger partial charge < -0.3 is 15.1 Å². The Morgan fingerprint density at radius 2 is 1.78 bits per heavy atom. The molecule has 1 N–H and O–H groups in total. The number of carbonyl (C=O) groups is 1. The van der Waals surface area contributed by atoms with Crippen LogP contribution in [0.5, 0.6) is 0 Å². The molecule has 1 aromatic carbocycles. The fourth-order valence-electron chi connectivity index (χ4n) is 2.92. The molecule has 2 aromatic heterocycles. The van der Waals surface area contributed by atoms with E-state index in [1.54, 1.807) is 27.9 Å². The van der Waals surface area contributed by atoms with Crippen molar-refractivity contribution < 1.29 is 4.79 Å². The van der Waals surface area contributed by atoms with Gasteiger partial charge in [-0.1, -0.05) is 17.7 Å². The molecule has 0 saturated carbocycles. The molecule has 9 heteroatoms. The predicted octanol–water partition coefficient (Wildman–Crippen LogP) is 2.67. The van der Waals surface area contributed by atoms with Gasteiger partial charge >= 0.3 is 6.03 Å². The van der Waals surface area contributed by atoms with Crippen LogP contribution in [0.3, 0.4) is 0 Å². The second-order valence-electron chi connectivity index (χ2n) is 6.11. The highest BCUT2D eigenvalue weighted by atomic mass is 35.5. The van der Waals surface area contributed by atoms with Crippen molar-refractivity contribution in [2.75, 3.05) is 36.4 Å². The van der Waals surface area contributed by atoms with Crippen molar-refractivity contribution in [1.29, 1.82) is 0 Å². The lowest BCUT2D eigenvalue weighted by Crippen LogP contribution is -2.50. The Hall–Kier alpha value is -3.13. The van der Waals surface area contributed by atoms with Gasteiger partial charge in [-0.25, -0.2) is 9.48 Å². The average Bonchev–Trinajstić information content (AvgIpc) is 3.23. The van der Waals surface area contributed by atoms with Crippen molar-refractivity contribution in [2.24, 2.45) is 0 Å². The monoisotopic (exact) mass is 383 g/mol. The Bertz CT molecular complexity index is 906. The van der Waals surface area contributed by atoms with Crippen LogP contribution in [0.15, 0.2) is 54.9 Å².